The number of nitrogens with zero attached hydrogens (tertiary/aromatic N) is 1. The van der Waals surface area contributed by atoms with Gasteiger partial charge >= 0.3 is 12.0 Å². The minimum absolute atomic E-state index is 0.0697. The van der Waals surface area contributed by atoms with Gasteiger partial charge < -0.3 is 15.3 Å². The molecular formula is C14H22N2O3. The molecule has 0 saturated carbocycles. The van der Waals surface area contributed by atoms with Crippen molar-refractivity contribution in [3.05, 3.63) is 12.2 Å². The Morgan fingerprint density at radius 1 is 1.32 bits per heavy atom. The molecule has 0 bridgehead atoms. The van der Waals surface area contributed by atoms with Crippen molar-refractivity contribution in [1.82, 2.24) is 10.2 Å². The van der Waals surface area contributed by atoms with E-state index in [0.717, 1.165) is 19.4 Å². The van der Waals surface area contributed by atoms with Crippen molar-refractivity contribution >= 4 is 12.0 Å². The van der Waals surface area contributed by atoms with E-state index in [2.05, 4.69) is 19.2 Å². The van der Waals surface area contributed by atoms with Crippen molar-refractivity contribution < 1.29 is 14.7 Å². The molecule has 1 aliphatic carbocycles. The van der Waals surface area contributed by atoms with Gasteiger partial charge in [0.15, 0.2) is 0 Å². The third kappa shape index (κ3) is 3.08. The second-order valence-electron chi connectivity index (χ2n) is 5.67. The number of urea groups is 1. The van der Waals surface area contributed by atoms with Crippen molar-refractivity contribution in [2.45, 2.75) is 45.2 Å². The molecule has 2 N–H and O–H groups in total. The maximum Gasteiger partial charge on any atom is 0.318 e. The highest BCUT2D eigenvalue weighted by Gasteiger charge is 2.31. The van der Waals surface area contributed by atoms with Crippen molar-refractivity contribution in [2.75, 3.05) is 6.54 Å². The maximum atomic E-state index is 12.2. The Balaban J connectivity index is 1.88. The number of carbonyl (C=O) groups excluding carboxylic acids is 1. The van der Waals surface area contributed by atoms with Crippen LogP contribution in [0.5, 0.6) is 0 Å². The summed E-state index contributed by atoms with van der Waals surface area (Å²) in [6.45, 7) is 5.03. The van der Waals surface area contributed by atoms with Gasteiger partial charge in [0.1, 0.15) is 0 Å². The molecule has 0 aromatic heterocycles. The van der Waals surface area contributed by atoms with Gasteiger partial charge in [0.2, 0.25) is 0 Å². The second kappa shape index (κ2) is 5.63. The first kappa shape index (κ1) is 13.9. The zero-order valence-electron chi connectivity index (χ0n) is 11.5. The number of rotatable bonds is 2. The summed E-state index contributed by atoms with van der Waals surface area (Å²) >= 11 is 0. The van der Waals surface area contributed by atoms with Crippen LogP contribution in [0.2, 0.25) is 0 Å². The Hall–Kier alpha value is -1.52. The average Bonchev–Trinajstić information content (AvgIpc) is 2.81. The van der Waals surface area contributed by atoms with Crippen molar-refractivity contribution in [2.24, 2.45) is 11.8 Å². The lowest BCUT2D eigenvalue weighted by Gasteiger charge is -2.38. The average molecular weight is 266 g/mol. The number of carboxylic acid groups (broad SMARTS) is 1. The highest BCUT2D eigenvalue weighted by atomic mass is 16.4. The number of aliphatic carboxylic acids is 1. The molecule has 2 rings (SSSR count). The first-order chi connectivity index (χ1) is 8.99. The van der Waals surface area contributed by atoms with Gasteiger partial charge in [0.25, 0.3) is 0 Å². The number of hydrogen-bond acceptors (Lipinski definition) is 2. The van der Waals surface area contributed by atoms with Gasteiger partial charge in [-0.1, -0.05) is 19.1 Å². The van der Waals surface area contributed by atoms with Crippen LogP contribution < -0.4 is 5.32 Å². The molecule has 0 aromatic rings. The Labute approximate surface area is 113 Å². The van der Waals surface area contributed by atoms with Gasteiger partial charge in [-0.3, -0.25) is 4.79 Å². The van der Waals surface area contributed by atoms with E-state index in [-0.39, 0.29) is 18.1 Å². The maximum absolute atomic E-state index is 12.2. The third-order valence-corrected chi connectivity index (χ3v) is 4.34. The van der Waals surface area contributed by atoms with E-state index >= 15 is 0 Å². The highest BCUT2D eigenvalue weighted by Crippen LogP contribution is 2.24. The Morgan fingerprint density at radius 2 is 2.05 bits per heavy atom. The zero-order valence-corrected chi connectivity index (χ0v) is 11.5. The van der Waals surface area contributed by atoms with E-state index in [9.17, 15) is 9.59 Å². The molecule has 2 aliphatic rings. The number of amides is 2. The number of hydrogen-bond donors (Lipinski definition) is 2. The van der Waals surface area contributed by atoms with Crippen LogP contribution in [0.1, 0.15) is 33.1 Å². The Morgan fingerprint density at radius 3 is 2.68 bits per heavy atom. The molecule has 5 heteroatoms. The molecule has 1 heterocycles. The lowest BCUT2D eigenvalue weighted by molar-refractivity contribution is -0.140. The zero-order chi connectivity index (χ0) is 14.0. The minimum Gasteiger partial charge on any atom is -0.481 e. The molecule has 0 radical (unpaired) electrons. The predicted molar refractivity (Wildman–Crippen MR) is 71.8 cm³/mol. The SMILES string of the molecule is CC1CCCN(C(=O)NC2C=CC(C(=O)O)C2)C1C. The van der Waals surface area contributed by atoms with Crippen molar-refractivity contribution in [3.63, 3.8) is 0 Å². The predicted octanol–water partition coefficient (Wildman–Crippen LogP) is 1.85. The lowest BCUT2D eigenvalue weighted by Crippen LogP contribution is -2.52. The molecule has 1 aliphatic heterocycles. The van der Waals surface area contributed by atoms with E-state index in [0.29, 0.717) is 12.3 Å². The van der Waals surface area contributed by atoms with Gasteiger partial charge in [-0.2, -0.15) is 0 Å². The normalized spacial score (nSPS) is 34.3. The van der Waals surface area contributed by atoms with Crippen LogP contribution in [0.4, 0.5) is 4.79 Å². The molecule has 4 atom stereocenters. The van der Waals surface area contributed by atoms with Crippen LogP contribution >= 0.6 is 0 Å². The molecule has 106 valence electrons. The largest absolute Gasteiger partial charge is 0.481 e. The molecule has 0 aromatic carbocycles. The van der Waals surface area contributed by atoms with E-state index in [4.69, 9.17) is 5.11 Å². The fourth-order valence-corrected chi connectivity index (χ4v) is 2.85. The molecule has 0 spiro atoms. The number of piperidine rings is 1. The topological polar surface area (TPSA) is 69.6 Å². The summed E-state index contributed by atoms with van der Waals surface area (Å²) in [5.74, 6) is -0.777. The fourth-order valence-electron chi connectivity index (χ4n) is 2.85. The number of likely N-dealkylation sites (tertiary alicyclic amines) is 1. The summed E-state index contributed by atoms with van der Waals surface area (Å²) in [6, 6.07) is 0.0205. The van der Waals surface area contributed by atoms with E-state index in [1.54, 1.807) is 12.2 Å². The van der Waals surface area contributed by atoms with Crippen molar-refractivity contribution in [3.8, 4) is 0 Å². The molecule has 1 saturated heterocycles. The van der Waals surface area contributed by atoms with Crippen LogP contribution in [0, 0.1) is 11.8 Å². The summed E-state index contributed by atoms with van der Waals surface area (Å²) in [5, 5.41) is 11.8. The molecule has 2 amide bonds. The van der Waals surface area contributed by atoms with Crippen LogP contribution in [-0.2, 0) is 4.79 Å². The molecule has 4 unspecified atom stereocenters. The van der Waals surface area contributed by atoms with E-state index in [1.165, 1.54) is 0 Å². The quantitative estimate of drug-likeness (QED) is 0.749. The number of carbonyl (C=O) groups is 2. The summed E-state index contributed by atoms with van der Waals surface area (Å²) < 4.78 is 0. The molecule has 5 nitrogen and oxygen atoms in total. The summed E-state index contributed by atoms with van der Waals surface area (Å²) in [6.07, 6.45) is 6.11. The van der Waals surface area contributed by atoms with Gasteiger partial charge in [-0.05, 0) is 32.1 Å². The van der Waals surface area contributed by atoms with E-state index in [1.807, 2.05) is 4.90 Å². The molecule has 1 fully saturated rings. The van der Waals surface area contributed by atoms with Crippen LogP contribution in [0.25, 0.3) is 0 Å². The van der Waals surface area contributed by atoms with Crippen molar-refractivity contribution in [1.29, 1.82) is 0 Å². The second-order valence-corrected chi connectivity index (χ2v) is 5.67. The first-order valence-electron chi connectivity index (χ1n) is 6.97. The van der Waals surface area contributed by atoms with Gasteiger partial charge in [-0.25, -0.2) is 4.79 Å². The smallest absolute Gasteiger partial charge is 0.318 e. The van der Waals surface area contributed by atoms with Crippen LogP contribution in [0.3, 0.4) is 0 Å². The van der Waals surface area contributed by atoms with Crippen LogP contribution in [0.15, 0.2) is 12.2 Å². The van der Waals surface area contributed by atoms with Gasteiger partial charge in [0.05, 0.1) is 12.0 Å². The number of nitrogens with one attached hydrogen (secondary N) is 1. The summed E-state index contributed by atoms with van der Waals surface area (Å²) in [7, 11) is 0. The molecular weight excluding hydrogens is 244 g/mol. The van der Waals surface area contributed by atoms with E-state index < -0.39 is 11.9 Å². The summed E-state index contributed by atoms with van der Waals surface area (Å²) in [4.78, 5) is 24.9. The minimum atomic E-state index is -0.826. The first-order valence-corrected chi connectivity index (χ1v) is 6.97. The third-order valence-electron chi connectivity index (χ3n) is 4.34. The summed E-state index contributed by atoms with van der Waals surface area (Å²) in [5.41, 5.74) is 0. The van der Waals surface area contributed by atoms with Gasteiger partial charge in [0, 0.05) is 12.6 Å². The van der Waals surface area contributed by atoms with Gasteiger partial charge in [-0.15, -0.1) is 0 Å². The Bertz CT molecular complexity index is 394. The number of carboxylic acids is 1. The fraction of sp³-hybridized carbons (Fsp3) is 0.714. The lowest BCUT2D eigenvalue weighted by atomic mass is 9.92. The highest BCUT2D eigenvalue weighted by molar-refractivity contribution is 5.76. The Kier molecular flexibility index (Phi) is 4.12. The standard InChI is InChI=1S/C14H22N2O3/c1-9-4-3-7-16(10(9)2)14(19)15-12-6-5-11(8-12)13(17)18/h5-6,9-12H,3-4,7-8H2,1-2H3,(H,15,19)(H,17,18). The van der Waals surface area contributed by atoms with Crippen LogP contribution in [-0.4, -0.2) is 40.6 Å². The monoisotopic (exact) mass is 266 g/mol. The molecule has 19 heavy (non-hydrogen) atoms.